The molecule has 1 heterocycles. The van der Waals surface area contributed by atoms with Crippen molar-refractivity contribution >= 4 is 0 Å². The molecule has 1 N–H and O–H groups in total. The molecule has 104 valence electrons. The average molecular weight is 258 g/mol. The minimum absolute atomic E-state index is 0.424. The molecule has 0 bridgehead atoms. The van der Waals surface area contributed by atoms with Crippen LogP contribution >= 0.6 is 0 Å². The highest BCUT2D eigenvalue weighted by Crippen LogP contribution is 2.32. The van der Waals surface area contributed by atoms with Crippen LogP contribution in [0, 0.1) is 0 Å². The van der Waals surface area contributed by atoms with Gasteiger partial charge in [0.25, 0.3) is 0 Å². The number of hydrogen-bond donors (Lipinski definition) is 1. The van der Waals surface area contributed by atoms with Crippen molar-refractivity contribution in [2.75, 3.05) is 13.6 Å². The summed E-state index contributed by atoms with van der Waals surface area (Å²) in [7, 11) is 2.16. The number of benzene rings is 1. The largest absolute Gasteiger partial charge is 0.314 e. The molecule has 0 saturated heterocycles. The van der Waals surface area contributed by atoms with Crippen molar-refractivity contribution in [1.82, 2.24) is 10.2 Å². The van der Waals surface area contributed by atoms with E-state index in [2.05, 4.69) is 41.5 Å². The van der Waals surface area contributed by atoms with E-state index in [0.717, 1.165) is 13.1 Å². The Bertz CT molecular complexity index is 396. The lowest BCUT2D eigenvalue weighted by atomic mass is 9.79. The SMILES string of the molecule is CNC1(CCN2Cc3ccccc3C2)CCCCC1. The van der Waals surface area contributed by atoms with Crippen molar-refractivity contribution in [3.05, 3.63) is 35.4 Å². The van der Waals surface area contributed by atoms with Crippen LogP contribution in [-0.2, 0) is 13.1 Å². The molecular weight excluding hydrogens is 232 g/mol. The summed E-state index contributed by atoms with van der Waals surface area (Å²) < 4.78 is 0. The summed E-state index contributed by atoms with van der Waals surface area (Å²) in [6.45, 7) is 3.53. The number of hydrogen-bond acceptors (Lipinski definition) is 2. The molecule has 0 atom stereocenters. The molecule has 19 heavy (non-hydrogen) atoms. The molecule has 0 radical (unpaired) electrons. The second-order valence-corrected chi connectivity index (χ2v) is 6.32. The van der Waals surface area contributed by atoms with Crippen LogP contribution in [0.2, 0.25) is 0 Å². The molecule has 0 amide bonds. The first kappa shape index (κ1) is 13.1. The summed E-state index contributed by atoms with van der Waals surface area (Å²) in [6, 6.07) is 8.89. The van der Waals surface area contributed by atoms with Crippen molar-refractivity contribution in [2.24, 2.45) is 0 Å². The molecule has 1 aromatic carbocycles. The second-order valence-electron chi connectivity index (χ2n) is 6.32. The van der Waals surface area contributed by atoms with E-state index in [-0.39, 0.29) is 0 Å². The van der Waals surface area contributed by atoms with E-state index in [1.54, 1.807) is 0 Å². The van der Waals surface area contributed by atoms with Crippen LogP contribution in [0.1, 0.15) is 49.7 Å². The van der Waals surface area contributed by atoms with Crippen molar-refractivity contribution in [2.45, 2.75) is 57.2 Å². The van der Waals surface area contributed by atoms with Gasteiger partial charge >= 0.3 is 0 Å². The van der Waals surface area contributed by atoms with Gasteiger partial charge in [0.15, 0.2) is 0 Å². The van der Waals surface area contributed by atoms with Crippen LogP contribution in [0.5, 0.6) is 0 Å². The first-order chi connectivity index (χ1) is 9.31. The molecule has 0 unspecified atom stereocenters. The zero-order valence-electron chi connectivity index (χ0n) is 12.1. The molecule has 2 aliphatic rings. The summed E-state index contributed by atoms with van der Waals surface area (Å²) in [5.74, 6) is 0. The Labute approximate surface area is 117 Å². The maximum Gasteiger partial charge on any atom is 0.0240 e. The van der Waals surface area contributed by atoms with Crippen molar-refractivity contribution < 1.29 is 0 Å². The summed E-state index contributed by atoms with van der Waals surface area (Å²) in [4.78, 5) is 2.61. The van der Waals surface area contributed by atoms with Gasteiger partial charge in [-0.25, -0.2) is 0 Å². The highest BCUT2D eigenvalue weighted by Gasteiger charge is 2.31. The molecule has 1 aromatic rings. The van der Waals surface area contributed by atoms with E-state index in [1.807, 2.05) is 0 Å². The molecule has 2 heteroatoms. The van der Waals surface area contributed by atoms with Gasteiger partial charge in [-0.3, -0.25) is 4.90 Å². The van der Waals surface area contributed by atoms with Crippen LogP contribution in [0.4, 0.5) is 0 Å². The summed E-state index contributed by atoms with van der Waals surface area (Å²) in [5, 5.41) is 3.64. The van der Waals surface area contributed by atoms with E-state index in [9.17, 15) is 0 Å². The van der Waals surface area contributed by atoms with Gasteiger partial charge in [-0.05, 0) is 37.4 Å². The Hall–Kier alpha value is -0.860. The molecule has 1 aliphatic heterocycles. The molecule has 1 fully saturated rings. The molecule has 0 spiro atoms. The number of nitrogens with zero attached hydrogens (tertiary/aromatic N) is 1. The zero-order valence-corrected chi connectivity index (χ0v) is 12.1. The minimum Gasteiger partial charge on any atom is -0.314 e. The predicted octanol–water partition coefficient (Wildman–Crippen LogP) is 3.31. The normalized spacial score (nSPS) is 22.4. The lowest BCUT2D eigenvalue weighted by Gasteiger charge is -2.38. The second kappa shape index (κ2) is 5.64. The summed E-state index contributed by atoms with van der Waals surface area (Å²) in [6.07, 6.45) is 8.27. The third kappa shape index (κ3) is 2.85. The smallest absolute Gasteiger partial charge is 0.0240 e. The Morgan fingerprint density at radius 1 is 1.05 bits per heavy atom. The zero-order chi connectivity index (χ0) is 13.1. The standard InChI is InChI=1S/C17H26N2/c1-18-17(9-5-2-6-10-17)11-12-19-13-15-7-3-4-8-16(15)14-19/h3-4,7-8,18H,2,5-6,9-14H2,1H3. The van der Waals surface area contributed by atoms with Crippen molar-refractivity contribution in [3.8, 4) is 0 Å². The molecule has 1 aliphatic carbocycles. The number of fused-ring (bicyclic) bond motifs is 1. The van der Waals surface area contributed by atoms with Gasteiger partial charge in [0.05, 0.1) is 0 Å². The van der Waals surface area contributed by atoms with Crippen LogP contribution in [0.25, 0.3) is 0 Å². The van der Waals surface area contributed by atoms with Gasteiger partial charge in [0.1, 0.15) is 0 Å². The lowest BCUT2D eigenvalue weighted by Crippen LogP contribution is -2.46. The highest BCUT2D eigenvalue weighted by atomic mass is 15.1. The molecule has 1 saturated carbocycles. The Kier molecular flexibility index (Phi) is 3.90. The van der Waals surface area contributed by atoms with Crippen LogP contribution in [0.15, 0.2) is 24.3 Å². The van der Waals surface area contributed by atoms with Crippen LogP contribution in [0.3, 0.4) is 0 Å². The Morgan fingerprint density at radius 2 is 1.68 bits per heavy atom. The topological polar surface area (TPSA) is 15.3 Å². The van der Waals surface area contributed by atoms with E-state index in [4.69, 9.17) is 0 Å². The molecule has 3 rings (SSSR count). The quantitative estimate of drug-likeness (QED) is 0.891. The molecule has 2 nitrogen and oxygen atoms in total. The third-order valence-corrected chi connectivity index (χ3v) is 5.15. The first-order valence-corrected chi connectivity index (χ1v) is 7.79. The van der Waals surface area contributed by atoms with Gasteiger partial charge in [0.2, 0.25) is 0 Å². The lowest BCUT2D eigenvalue weighted by molar-refractivity contribution is 0.182. The van der Waals surface area contributed by atoms with Crippen molar-refractivity contribution in [1.29, 1.82) is 0 Å². The van der Waals surface area contributed by atoms with Gasteiger partial charge < -0.3 is 5.32 Å². The monoisotopic (exact) mass is 258 g/mol. The van der Waals surface area contributed by atoms with E-state index >= 15 is 0 Å². The third-order valence-electron chi connectivity index (χ3n) is 5.15. The number of rotatable bonds is 4. The fourth-order valence-electron chi connectivity index (χ4n) is 3.79. The fraction of sp³-hybridized carbons (Fsp3) is 0.647. The Balaban J connectivity index is 1.56. The maximum atomic E-state index is 3.64. The van der Waals surface area contributed by atoms with Gasteiger partial charge in [-0.1, -0.05) is 43.5 Å². The minimum atomic E-state index is 0.424. The average Bonchev–Trinajstić information content (AvgIpc) is 2.89. The first-order valence-electron chi connectivity index (χ1n) is 7.79. The maximum absolute atomic E-state index is 3.64. The highest BCUT2D eigenvalue weighted by molar-refractivity contribution is 5.30. The van der Waals surface area contributed by atoms with Crippen LogP contribution < -0.4 is 5.32 Å². The van der Waals surface area contributed by atoms with Crippen LogP contribution in [-0.4, -0.2) is 24.0 Å². The predicted molar refractivity (Wildman–Crippen MR) is 80.0 cm³/mol. The Morgan fingerprint density at radius 3 is 2.26 bits per heavy atom. The van der Waals surface area contributed by atoms with Gasteiger partial charge in [-0.2, -0.15) is 0 Å². The molecule has 0 aromatic heterocycles. The van der Waals surface area contributed by atoms with E-state index < -0.39 is 0 Å². The van der Waals surface area contributed by atoms with Gasteiger partial charge in [-0.15, -0.1) is 0 Å². The summed E-state index contributed by atoms with van der Waals surface area (Å²) in [5.41, 5.74) is 3.49. The molecular formula is C17H26N2. The summed E-state index contributed by atoms with van der Waals surface area (Å²) >= 11 is 0. The van der Waals surface area contributed by atoms with Crippen molar-refractivity contribution in [3.63, 3.8) is 0 Å². The number of nitrogens with one attached hydrogen (secondary N) is 1. The fourth-order valence-corrected chi connectivity index (χ4v) is 3.79. The van der Waals surface area contributed by atoms with E-state index in [1.165, 1.54) is 56.2 Å². The van der Waals surface area contributed by atoms with Gasteiger partial charge in [0, 0.05) is 25.2 Å². The van der Waals surface area contributed by atoms with E-state index in [0.29, 0.717) is 5.54 Å².